The Bertz CT molecular complexity index is 386. The van der Waals surface area contributed by atoms with E-state index in [1.54, 1.807) is 4.68 Å². The lowest BCUT2D eigenvalue weighted by Gasteiger charge is -2.41. The molecule has 0 aromatic carbocycles. The predicted molar refractivity (Wildman–Crippen MR) is 70.2 cm³/mol. The average molecular weight is 252 g/mol. The van der Waals surface area contributed by atoms with Crippen molar-refractivity contribution < 1.29 is 5.11 Å². The number of hydrogen-bond acceptors (Lipinski definition) is 4. The van der Waals surface area contributed by atoms with E-state index in [1.807, 2.05) is 13.2 Å². The van der Waals surface area contributed by atoms with Crippen LogP contribution in [0.5, 0.6) is 0 Å². The summed E-state index contributed by atoms with van der Waals surface area (Å²) in [5.74, 6) is 0. The van der Waals surface area contributed by atoms with Crippen LogP contribution in [0.15, 0.2) is 6.20 Å². The minimum absolute atomic E-state index is 0.145. The van der Waals surface area contributed by atoms with E-state index in [0.29, 0.717) is 6.42 Å². The maximum atomic E-state index is 10.6. The first-order valence-electron chi connectivity index (χ1n) is 6.84. The van der Waals surface area contributed by atoms with E-state index in [9.17, 15) is 5.11 Å². The third-order valence-corrected chi connectivity index (χ3v) is 4.31. The first kappa shape index (κ1) is 13.5. The molecule has 1 N–H and O–H groups in total. The Morgan fingerprint density at radius 2 is 2.11 bits per heavy atom. The van der Waals surface area contributed by atoms with Crippen LogP contribution >= 0.6 is 0 Å². The van der Waals surface area contributed by atoms with Gasteiger partial charge >= 0.3 is 0 Å². The van der Waals surface area contributed by atoms with E-state index in [0.717, 1.165) is 25.2 Å². The van der Waals surface area contributed by atoms with Gasteiger partial charge in [-0.1, -0.05) is 12.1 Å². The maximum Gasteiger partial charge on any atom is 0.0853 e. The van der Waals surface area contributed by atoms with Gasteiger partial charge in [-0.15, -0.1) is 5.10 Å². The molecule has 2 atom stereocenters. The molecule has 1 aromatic rings. The number of likely N-dealkylation sites (tertiary alicyclic amines) is 1. The zero-order valence-corrected chi connectivity index (χ0v) is 11.6. The van der Waals surface area contributed by atoms with E-state index in [-0.39, 0.29) is 5.54 Å². The molecule has 0 bridgehead atoms. The average Bonchev–Trinajstić information content (AvgIpc) is 2.99. The van der Waals surface area contributed by atoms with Crippen LogP contribution < -0.4 is 0 Å². The summed E-state index contributed by atoms with van der Waals surface area (Å²) in [4.78, 5) is 2.42. The van der Waals surface area contributed by atoms with Crippen molar-refractivity contribution in [3.8, 4) is 0 Å². The minimum atomic E-state index is -0.391. The Morgan fingerprint density at radius 3 is 2.61 bits per heavy atom. The number of aromatic nitrogens is 3. The summed E-state index contributed by atoms with van der Waals surface area (Å²) >= 11 is 0. The van der Waals surface area contributed by atoms with Crippen LogP contribution in [0.2, 0.25) is 0 Å². The third kappa shape index (κ3) is 2.57. The van der Waals surface area contributed by atoms with Gasteiger partial charge in [0.25, 0.3) is 0 Å². The largest absolute Gasteiger partial charge is 0.391 e. The van der Waals surface area contributed by atoms with Crippen LogP contribution in [0.3, 0.4) is 0 Å². The zero-order chi connectivity index (χ0) is 13.2. The van der Waals surface area contributed by atoms with E-state index < -0.39 is 6.10 Å². The summed E-state index contributed by atoms with van der Waals surface area (Å²) in [6, 6.07) is 0. The highest BCUT2D eigenvalue weighted by Gasteiger charge is 2.38. The number of aryl methyl sites for hydroxylation is 1. The first-order chi connectivity index (χ1) is 8.56. The molecule has 0 saturated carbocycles. The van der Waals surface area contributed by atoms with Crippen molar-refractivity contribution in [2.45, 2.75) is 51.2 Å². The molecular formula is C13H24N4O. The highest BCUT2D eigenvalue weighted by molar-refractivity contribution is 5.02. The summed E-state index contributed by atoms with van der Waals surface area (Å²) in [6.07, 6.45) is 5.50. The van der Waals surface area contributed by atoms with Gasteiger partial charge in [0.1, 0.15) is 0 Å². The lowest BCUT2D eigenvalue weighted by Crippen LogP contribution is -2.53. The van der Waals surface area contributed by atoms with Crippen molar-refractivity contribution in [2.75, 3.05) is 13.1 Å². The second-order valence-corrected chi connectivity index (χ2v) is 5.51. The number of nitrogens with zero attached hydrogens (tertiary/aromatic N) is 4. The summed E-state index contributed by atoms with van der Waals surface area (Å²) in [5.41, 5.74) is 0.720. The van der Waals surface area contributed by atoms with Crippen molar-refractivity contribution >= 4 is 0 Å². The molecule has 2 unspecified atom stereocenters. The standard InChI is InChI=1S/C13H24N4O/c1-4-13(2,17-7-5-6-8-17)12(18)9-11-10-16(3)15-14-11/h10,12,18H,4-9H2,1-3H3. The molecule has 0 amide bonds. The Kier molecular flexibility index (Phi) is 4.02. The Hall–Kier alpha value is -0.940. The molecule has 0 spiro atoms. The predicted octanol–water partition coefficient (Wildman–Crippen LogP) is 0.983. The van der Waals surface area contributed by atoms with Crippen LogP contribution in [0.1, 0.15) is 38.8 Å². The van der Waals surface area contributed by atoms with Crippen molar-refractivity contribution in [1.82, 2.24) is 19.9 Å². The topological polar surface area (TPSA) is 54.2 Å². The Balaban J connectivity index is 2.06. The summed E-state index contributed by atoms with van der Waals surface area (Å²) in [5, 5.41) is 18.6. The highest BCUT2D eigenvalue weighted by atomic mass is 16.3. The second-order valence-electron chi connectivity index (χ2n) is 5.51. The van der Waals surface area contributed by atoms with Gasteiger partial charge < -0.3 is 5.11 Å². The number of aliphatic hydroxyl groups is 1. The molecule has 102 valence electrons. The van der Waals surface area contributed by atoms with E-state index in [2.05, 4.69) is 29.1 Å². The van der Waals surface area contributed by atoms with Gasteiger partial charge in [-0.3, -0.25) is 9.58 Å². The molecule has 18 heavy (non-hydrogen) atoms. The summed E-state index contributed by atoms with van der Waals surface area (Å²) < 4.78 is 1.68. The van der Waals surface area contributed by atoms with Crippen molar-refractivity contribution in [1.29, 1.82) is 0 Å². The smallest absolute Gasteiger partial charge is 0.0853 e. The van der Waals surface area contributed by atoms with Crippen molar-refractivity contribution in [2.24, 2.45) is 7.05 Å². The fourth-order valence-corrected chi connectivity index (χ4v) is 2.80. The molecule has 2 heterocycles. The van der Waals surface area contributed by atoms with Crippen molar-refractivity contribution in [3.05, 3.63) is 11.9 Å². The molecule has 0 radical (unpaired) electrons. The number of rotatable bonds is 5. The van der Waals surface area contributed by atoms with Gasteiger partial charge in [0.2, 0.25) is 0 Å². The number of hydrogen-bond donors (Lipinski definition) is 1. The van der Waals surface area contributed by atoms with Crippen LogP contribution in [0, 0.1) is 0 Å². The third-order valence-electron chi connectivity index (χ3n) is 4.31. The Morgan fingerprint density at radius 1 is 1.44 bits per heavy atom. The fourth-order valence-electron chi connectivity index (χ4n) is 2.80. The van der Waals surface area contributed by atoms with E-state index in [4.69, 9.17) is 0 Å². The zero-order valence-electron chi connectivity index (χ0n) is 11.6. The normalized spacial score (nSPS) is 22.0. The van der Waals surface area contributed by atoms with Crippen LogP contribution in [-0.2, 0) is 13.5 Å². The second kappa shape index (κ2) is 5.36. The molecule has 5 nitrogen and oxygen atoms in total. The molecule has 1 fully saturated rings. The monoisotopic (exact) mass is 252 g/mol. The summed E-state index contributed by atoms with van der Waals surface area (Å²) in [6.45, 7) is 6.52. The van der Waals surface area contributed by atoms with Crippen LogP contribution in [-0.4, -0.2) is 49.7 Å². The first-order valence-corrected chi connectivity index (χ1v) is 6.84. The quantitative estimate of drug-likeness (QED) is 0.849. The molecule has 0 aliphatic carbocycles. The highest BCUT2D eigenvalue weighted by Crippen LogP contribution is 2.29. The minimum Gasteiger partial charge on any atom is -0.391 e. The van der Waals surface area contributed by atoms with Crippen molar-refractivity contribution in [3.63, 3.8) is 0 Å². The maximum absolute atomic E-state index is 10.6. The van der Waals surface area contributed by atoms with E-state index in [1.165, 1.54) is 12.8 Å². The summed E-state index contributed by atoms with van der Waals surface area (Å²) in [7, 11) is 1.85. The van der Waals surface area contributed by atoms with Gasteiger partial charge in [-0.05, 0) is 39.3 Å². The lowest BCUT2D eigenvalue weighted by atomic mass is 9.87. The van der Waals surface area contributed by atoms with Gasteiger partial charge in [0.15, 0.2) is 0 Å². The van der Waals surface area contributed by atoms with Gasteiger partial charge in [0.05, 0.1) is 11.8 Å². The van der Waals surface area contributed by atoms with Crippen LogP contribution in [0.4, 0.5) is 0 Å². The lowest BCUT2D eigenvalue weighted by molar-refractivity contribution is -0.0122. The molecule has 5 heteroatoms. The van der Waals surface area contributed by atoms with Crippen LogP contribution in [0.25, 0.3) is 0 Å². The van der Waals surface area contributed by atoms with Gasteiger partial charge in [-0.2, -0.15) is 0 Å². The molecule has 1 aliphatic heterocycles. The van der Waals surface area contributed by atoms with Gasteiger partial charge in [0, 0.05) is 25.2 Å². The molecule has 1 aliphatic rings. The molecule has 1 aromatic heterocycles. The number of aliphatic hydroxyl groups excluding tert-OH is 1. The Labute approximate surface area is 109 Å². The fraction of sp³-hybridized carbons (Fsp3) is 0.846. The van der Waals surface area contributed by atoms with E-state index >= 15 is 0 Å². The van der Waals surface area contributed by atoms with Gasteiger partial charge in [-0.25, -0.2) is 0 Å². The molecular weight excluding hydrogens is 228 g/mol. The molecule has 2 rings (SSSR count). The molecule has 1 saturated heterocycles. The SMILES string of the molecule is CCC(C)(C(O)Cc1cn(C)nn1)N1CCCC1.